The number of aliphatic carboxylic acids is 1. The minimum absolute atomic E-state index is 0.103. The Hall–Kier alpha value is -3.11. The Labute approximate surface area is 175 Å². The molecule has 0 spiro atoms. The average molecular weight is 408 g/mol. The zero-order valence-electron chi connectivity index (χ0n) is 16.1. The van der Waals surface area contributed by atoms with E-state index in [9.17, 15) is 9.59 Å². The molecule has 0 heterocycles. The van der Waals surface area contributed by atoms with Gasteiger partial charge in [0.1, 0.15) is 0 Å². The molecule has 0 saturated heterocycles. The molecule has 0 unspecified atom stereocenters. The highest BCUT2D eigenvalue weighted by Gasteiger charge is 2.15. The van der Waals surface area contributed by atoms with Crippen LogP contribution in [0.15, 0.2) is 66.7 Å². The van der Waals surface area contributed by atoms with Gasteiger partial charge in [-0.3, -0.25) is 9.59 Å². The van der Waals surface area contributed by atoms with Crippen molar-refractivity contribution in [2.75, 3.05) is 5.32 Å². The monoisotopic (exact) mass is 407 g/mol. The van der Waals surface area contributed by atoms with Crippen LogP contribution in [-0.4, -0.2) is 16.9 Å². The van der Waals surface area contributed by atoms with Gasteiger partial charge in [0.25, 0.3) is 0 Å². The highest BCUT2D eigenvalue weighted by Crippen LogP contribution is 2.28. The fourth-order valence-electron chi connectivity index (χ4n) is 3.20. The summed E-state index contributed by atoms with van der Waals surface area (Å²) in [6.45, 7) is 1.90. The maximum absolute atomic E-state index is 12.8. The minimum atomic E-state index is -0.795. The number of benzene rings is 3. The minimum Gasteiger partial charge on any atom is -0.481 e. The van der Waals surface area contributed by atoms with Gasteiger partial charge in [0, 0.05) is 28.9 Å². The lowest BCUT2D eigenvalue weighted by molar-refractivity contribution is -0.137. The number of para-hydroxylation sites is 1. The van der Waals surface area contributed by atoms with Gasteiger partial charge in [-0.15, -0.1) is 0 Å². The van der Waals surface area contributed by atoms with Crippen molar-refractivity contribution in [3.8, 4) is 0 Å². The number of rotatable bonds is 8. The molecule has 0 aromatic heterocycles. The molecule has 0 amide bonds. The molecule has 2 N–H and O–H groups in total. The number of hydrogen-bond donors (Lipinski definition) is 2. The SMILES string of the molecule is Cc1ccccc1C(=O)c1ccc(Nc2ccccc2CCCC(=O)O)cc1Cl. The van der Waals surface area contributed by atoms with Crippen LogP contribution in [0.3, 0.4) is 0 Å². The van der Waals surface area contributed by atoms with E-state index < -0.39 is 5.97 Å². The smallest absolute Gasteiger partial charge is 0.303 e. The number of aryl methyl sites for hydroxylation is 2. The first kappa shape index (κ1) is 20.6. The Bertz CT molecular complexity index is 1050. The molecule has 0 saturated carbocycles. The van der Waals surface area contributed by atoms with Gasteiger partial charge in [0.05, 0.1) is 5.02 Å². The molecular formula is C24H22ClNO3. The predicted octanol–water partition coefficient (Wildman–Crippen LogP) is 6.03. The van der Waals surface area contributed by atoms with Crippen molar-refractivity contribution in [1.82, 2.24) is 0 Å². The molecule has 0 fully saturated rings. The lowest BCUT2D eigenvalue weighted by Gasteiger charge is -2.13. The summed E-state index contributed by atoms with van der Waals surface area (Å²) in [7, 11) is 0. The third-order valence-corrected chi connectivity index (χ3v) is 5.05. The van der Waals surface area contributed by atoms with Gasteiger partial charge in [-0.1, -0.05) is 54.1 Å². The molecule has 5 heteroatoms. The highest BCUT2D eigenvalue weighted by atomic mass is 35.5. The summed E-state index contributed by atoms with van der Waals surface area (Å²) in [6, 6.07) is 20.5. The van der Waals surface area contributed by atoms with Crippen molar-refractivity contribution in [2.45, 2.75) is 26.2 Å². The summed E-state index contributed by atoms with van der Waals surface area (Å²) in [5.74, 6) is -0.898. The van der Waals surface area contributed by atoms with Gasteiger partial charge < -0.3 is 10.4 Å². The number of carboxylic acids is 1. The average Bonchev–Trinajstić information content (AvgIpc) is 2.69. The van der Waals surface area contributed by atoms with E-state index in [0.29, 0.717) is 29.0 Å². The van der Waals surface area contributed by atoms with Gasteiger partial charge in [-0.05, 0) is 55.2 Å². The Morgan fingerprint density at radius 3 is 2.41 bits per heavy atom. The van der Waals surface area contributed by atoms with Gasteiger partial charge in [0.2, 0.25) is 0 Å². The van der Waals surface area contributed by atoms with Crippen LogP contribution in [0.4, 0.5) is 11.4 Å². The quantitative estimate of drug-likeness (QED) is 0.447. The Balaban J connectivity index is 1.79. The molecule has 0 radical (unpaired) electrons. The zero-order valence-corrected chi connectivity index (χ0v) is 16.9. The molecule has 148 valence electrons. The molecule has 3 aromatic rings. The number of halogens is 1. The third-order valence-electron chi connectivity index (χ3n) is 4.74. The number of ketones is 1. The number of anilines is 2. The van der Waals surface area contributed by atoms with Gasteiger partial charge in [0.15, 0.2) is 5.78 Å². The first-order valence-corrected chi connectivity index (χ1v) is 9.80. The summed E-state index contributed by atoms with van der Waals surface area (Å²) < 4.78 is 0. The van der Waals surface area contributed by atoms with E-state index in [2.05, 4.69) is 5.32 Å². The van der Waals surface area contributed by atoms with E-state index in [1.54, 1.807) is 18.2 Å². The van der Waals surface area contributed by atoms with E-state index >= 15 is 0 Å². The van der Waals surface area contributed by atoms with E-state index in [4.69, 9.17) is 16.7 Å². The molecule has 3 rings (SSSR count). The van der Waals surface area contributed by atoms with Crippen molar-refractivity contribution in [3.05, 3.63) is 94.0 Å². The second kappa shape index (κ2) is 9.39. The number of hydrogen-bond acceptors (Lipinski definition) is 3. The number of carboxylic acid groups (broad SMARTS) is 1. The number of carbonyl (C=O) groups is 2. The first-order chi connectivity index (χ1) is 14.0. The van der Waals surface area contributed by atoms with Crippen LogP contribution < -0.4 is 5.32 Å². The van der Waals surface area contributed by atoms with Crippen LogP contribution in [-0.2, 0) is 11.2 Å². The normalized spacial score (nSPS) is 10.6. The van der Waals surface area contributed by atoms with Crippen LogP contribution in [0.25, 0.3) is 0 Å². The highest BCUT2D eigenvalue weighted by molar-refractivity contribution is 6.35. The van der Waals surface area contributed by atoms with Crippen molar-refractivity contribution >= 4 is 34.7 Å². The molecule has 0 atom stereocenters. The van der Waals surface area contributed by atoms with Crippen LogP contribution in [0.5, 0.6) is 0 Å². The summed E-state index contributed by atoms with van der Waals surface area (Å²) >= 11 is 6.42. The Morgan fingerprint density at radius 1 is 0.966 bits per heavy atom. The molecule has 3 aromatic carbocycles. The predicted molar refractivity (Wildman–Crippen MR) is 116 cm³/mol. The molecule has 0 aliphatic heterocycles. The number of nitrogens with one attached hydrogen (secondary N) is 1. The lowest BCUT2D eigenvalue weighted by Crippen LogP contribution is -2.05. The maximum atomic E-state index is 12.8. The zero-order chi connectivity index (χ0) is 20.8. The van der Waals surface area contributed by atoms with E-state index in [1.807, 2.05) is 55.5 Å². The topological polar surface area (TPSA) is 66.4 Å². The molecule has 29 heavy (non-hydrogen) atoms. The summed E-state index contributed by atoms with van der Waals surface area (Å²) in [5.41, 5.74) is 4.70. The van der Waals surface area contributed by atoms with E-state index in [-0.39, 0.29) is 12.2 Å². The van der Waals surface area contributed by atoms with Crippen molar-refractivity contribution in [3.63, 3.8) is 0 Å². The van der Waals surface area contributed by atoms with Crippen LogP contribution in [0.1, 0.15) is 39.9 Å². The summed E-state index contributed by atoms with van der Waals surface area (Å²) in [5, 5.41) is 12.5. The Morgan fingerprint density at radius 2 is 1.69 bits per heavy atom. The summed E-state index contributed by atoms with van der Waals surface area (Å²) in [4.78, 5) is 23.6. The van der Waals surface area contributed by atoms with E-state index in [1.165, 1.54) is 0 Å². The van der Waals surface area contributed by atoms with Crippen molar-refractivity contribution in [2.24, 2.45) is 0 Å². The second-order valence-corrected chi connectivity index (χ2v) is 7.28. The summed E-state index contributed by atoms with van der Waals surface area (Å²) in [6.07, 6.45) is 1.36. The fraction of sp³-hybridized carbons (Fsp3) is 0.167. The largest absolute Gasteiger partial charge is 0.481 e. The Kier molecular flexibility index (Phi) is 6.68. The molecular weight excluding hydrogens is 386 g/mol. The van der Waals surface area contributed by atoms with Crippen LogP contribution in [0.2, 0.25) is 5.02 Å². The van der Waals surface area contributed by atoms with Gasteiger partial charge in [-0.25, -0.2) is 0 Å². The van der Waals surface area contributed by atoms with Crippen LogP contribution >= 0.6 is 11.6 Å². The van der Waals surface area contributed by atoms with E-state index in [0.717, 1.165) is 22.5 Å². The van der Waals surface area contributed by atoms with Gasteiger partial charge >= 0.3 is 5.97 Å². The van der Waals surface area contributed by atoms with Crippen molar-refractivity contribution in [1.29, 1.82) is 0 Å². The van der Waals surface area contributed by atoms with Gasteiger partial charge in [-0.2, -0.15) is 0 Å². The van der Waals surface area contributed by atoms with Crippen molar-refractivity contribution < 1.29 is 14.7 Å². The second-order valence-electron chi connectivity index (χ2n) is 6.87. The molecule has 0 bridgehead atoms. The molecule has 0 aliphatic carbocycles. The molecule has 4 nitrogen and oxygen atoms in total. The standard InChI is InChI=1S/C24H22ClNO3/c1-16-7-2-4-10-19(16)24(29)20-14-13-18(15-21(20)25)26-22-11-5-3-8-17(22)9-6-12-23(27)28/h2-5,7-8,10-11,13-15,26H,6,9,12H2,1H3,(H,27,28). The maximum Gasteiger partial charge on any atom is 0.303 e. The lowest BCUT2D eigenvalue weighted by atomic mass is 9.99. The number of carbonyl (C=O) groups excluding carboxylic acids is 1. The third kappa shape index (κ3) is 5.24. The fourth-order valence-corrected chi connectivity index (χ4v) is 3.46. The first-order valence-electron chi connectivity index (χ1n) is 9.42. The van der Waals surface area contributed by atoms with Crippen LogP contribution in [0, 0.1) is 6.92 Å². The molecule has 0 aliphatic rings.